The maximum atomic E-state index is 12.2. The Labute approximate surface area is 139 Å². The Kier molecular flexibility index (Phi) is 4.30. The first-order valence-electron chi connectivity index (χ1n) is 7.50. The van der Waals surface area contributed by atoms with Crippen LogP contribution in [0.4, 0.5) is 0 Å². The molecule has 1 aromatic carbocycles. The van der Waals surface area contributed by atoms with E-state index in [2.05, 4.69) is 15.5 Å². The first-order chi connectivity index (χ1) is 11.1. The highest BCUT2D eigenvalue weighted by Crippen LogP contribution is 2.26. The molecule has 0 radical (unpaired) electrons. The number of rotatable bonds is 4. The molecule has 2 heterocycles. The second kappa shape index (κ2) is 6.38. The first-order valence-corrected chi connectivity index (χ1v) is 7.88. The highest BCUT2D eigenvalue weighted by atomic mass is 35.5. The van der Waals surface area contributed by atoms with Gasteiger partial charge in [-0.3, -0.25) is 9.20 Å². The van der Waals surface area contributed by atoms with Crippen molar-refractivity contribution in [2.45, 2.75) is 26.3 Å². The van der Waals surface area contributed by atoms with Gasteiger partial charge in [0.25, 0.3) is 5.91 Å². The molecule has 3 aromatic rings. The van der Waals surface area contributed by atoms with E-state index in [0.29, 0.717) is 22.1 Å². The van der Waals surface area contributed by atoms with Gasteiger partial charge in [-0.15, -0.1) is 10.2 Å². The zero-order chi connectivity index (χ0) is 16.4. The molecule has 1 N–H and O–H groups in total. The van der Waals surface area contributed by atoms with Crippen molar-refractivity contribution in [1.29, 1.82) is 0 Å². The first kappa shape index (κ1) is 15.5. The number of nitrogens with one attached hydrogen (secondary N) is 1. The molecule has 2 aromatic heterocycles. The zero-order valence-electron chi connectivity index (χ0n) is 13.0. The van der Waals surface area contributed by atoms with E-state index < -0.39 is 0 Å². The van der Waals surface area contributed by atoms with E-state index in [0.717, 1.165) is 12.0 Å². The molecule has 1 unspecified atom stereocenters. The van der Waals surface area contributed by atoms with Crippen molar-refractivity contribution in [1.82, 2.24) is 19.9 Å². The fraction of sp³-hybridized carbons (Fsp3) is 0.235. The highest BCUT2D eigenvalue weighted by molar-refractivity contribution is 6.33. The molecule has 118 valence electrons. The Morgan fingerprint density at radius 2 is 2.09 bits per heavy atom. The Morgan fingerprint density at radius 3 is 2.83 bits per heavy atom. The fourth-order valence-corrected chi connectivity index (χ4v) is 2.49. The predicted molar refractivity (Wildman–Crippen MR) is 90.7 cm³/mol. The number of nitrogens with zero attached hydrogens (tertiary/aromatic N) is 3. The molecule has 5 nitrogen and oxygen atoms in total. The molecule has 1 atom stereocenters. The standard InChI is InChI=1S/C17H17ClN4O/c1-3-11(2)19-17(23)12-8-9-22-15(10-12)20-21-16(22)13-6-4-5-7-14(13)18/h4-11H,3H2,1-2H3,(H,19,23). The molecule has 0 fully saturated rings. The van der Waals surface area contributed by atoms with Gasteiger partial charge in [0.05, 0.1) is 5.02 Å². The van der Waals surface area contributed by atoms with E-state index in [-0.39, 0.29) is 11.9 Å². The lowest BCUT2D eigenvalue weighted by Crippen LogP contribution is -2.31. The molecule has 0 spiro atoms. The van der Waals surface area contributed by atoms with Crippen molar-refractivity contribution in [3.8, 4) is 11.4 Å². The zero-order valence-corrected chi connectivity index (χ0v) is 13.7. The Hall–Kier alpha value is -2.40. The molecule has 0 saturated heterocycles. The van der Waals surface area contributed by atoms with Crippen LogP contribution in [-0.2, 0) is 0 Å². The van der Waals surface area contributed by atoms with Gasteiger partial charge in [-0.1, -0.05) is 30.7 Å². The van der Waals surface area contributed by atoms with Gasteiger partial charge >= 0.3 is 0 Å². The summed E-state index contributed by atoms with van der Waals surface area (Å²) in [5.74, 6) is 0.545. The number of aromatic nitrogens is 3. The highest BCUT2D eigenvalue weighted by Gasteiger charge is 2.14. The molecule has 0 aliphatic heterocycles. The average molecular weight is 329 g/mol. The van der Waals surface area contributed by atoms with E-state index in [9.17, 15) is 4.79 Å². The number of carbonyl (C=O) groups is 1. The van der Waals surface area contributed by atoms with Crippen molar-refractivity contribution < 1.29 is 4.79 Å². The minimum atomic E-state index is -0.107. The average Bonchev–Trinajstić information content (AvgIpc) is 2.98. The smallest absolute Gasteiger partial charge is 0.251 e. The second-order valence-corrected chi connectivity index (χ2v) is 5.84. The lowest BCUT2D eigenvalue weighted by molar-refractivity contribution is 0.0939. The van der Waals surface area contributed by atoms with E-state index in [1.807, 2.05) is 42.5 Å². The number of pyridine rings is 1. The number of carbonyl (C=O) groups excluding carboxylic acids is 1. The molecule has 6 heteroatoms. The van der Waals surface area contributed by atoms with Gasteiger partial charge < -0.3 is 5.32 Å². The molecule has 0 aliphatic rings. The van der Waals surface area contributed by atoms with Crippen molar-refractivity contribution in [2.75, 3.05) is 0 Å². The van der Waals surface area contributed by atoms with Gasteiger partial charge in [0.1, 0.15) is 0 Å². The summed E-state index contributed by atoms with van der Waals surface area (Å²) in [5, 5.41) is 11.9. The third-order valence-corrected chi connectivity index (χ3v) is 4.11. The van der Waals surface area contributed by atoms with Crippen LogP contribution in [-0.4, -0.2) is 26.5 Å². The third-order valence-electron chi connectivity index (χ3n) is 3.78. The van der Waals surface area contributed by atoms with Crippen LogP contribution in [0.15, 0.2) is 42.6 Å². The SMILES string of the molecule is CCC(C)NC(=O)c1ccn2c(-c3ccccc3Cl)nnc2c1. The Balaban J connectivity index is 1.98. The van der Waals surface area contributed by atoms with E-state index in [1.165, 1.54) is 0 Å². The summed E-state index contributed by atoms with van der Waals surface area (Å²) in [5.41, 5.74) is 1.98. The van der Waals surface area contributed by atoms with Crippen LogP contribution in [0.2, 0.25) is 5.02 Å². The predicted octanol–water partition coefficient (Wildman–Crippen LogP) is 3.58. The second-order valence-electron chi connectivity index (χ2n) is 5.43. The van der Waals surface area contributed by atoms with Gasteiger partial charge in [-0.05, 0) is 37.6 Å². The van der Waals surface area contributed by atoms with Crippen LogP contribution in [0.5, 0.6) is 0 Å². The number of hydrogen-bond acceptors (Lipinski definition) is 3. The van der Waals surface area contributed by atoms with Crippen molar-refractivity contribution >= 4 is 23.2 Å². The summed E-state index contributed by atoms with van der Waals surface area (Å²) in [7, 11) is 0. The summed E-state index contributed by atoms with van der Waals surface area (Å²) in [6, 6.07) is 11.1. The molecule has 0 saturated carbocycles. The van der Waals surface area contributed by atoms with Crippen LogP contribution in [0.3, 0.4) is 0 Å². The monoisotopic (exact) mass is 328 g/mol. The number of hydrogen-bond donors (Lipinski definition) is 1. The molecule has 23 heavy (non-hydrogen) atoms. The molecular formula is C17H17ClN4O. The van der Waals surface area contributed by atoms with Gasteiger partial charge in [0, 0.05) is 23.4 Å². The van der Waals surface area contributed by atoms with Crippen molar-refractivity contribution in [3.05, 3.63) is 53.2 Å². The molecule has 0 bridgehead atoms. The van der Waals surface area contributed by atoms with Gasteiger partial charge in [-0.25, -0.2) is 0 Å². The van der Waals surface area contributed by atoms with E-state index in [4.69, 9.17) is 11.6 Å². The Morgan fingerprint density at radius 1 is 1.30 bits per heavy atom. The topological polar surface area (TPSA) is 59.3 Å². The minimum absolute atomic E-state index is 0.107. The summed E-state index contributed by atoms with van der Waals surface area (Å²) in [4.78, 5) is 12.2. The van der Waals surface area contributed by atoms with Crippen LogP contribution in [0.1, 0.15) is 30.6 Å². The summed E-state index contributed by atoms with van der Waals surface area (Å²) < 4.78 is 1.82. The number of benzene rings is 1. The van der Waals surface area contributed by atoms with Crippen LogP contribution >= 0.6 is 11.6 Å². The number of halogens is 1. The quantitative estimate of drug-likeness (QED) is 0.796. The van der Waals surface area contributed by atoms with Crippen molar-refractivity contribution in [3.63, 3.8) is 0 Å². The van der Waals surface area contributed by atoms with Crippen molar-refractivity contribution in [2.24, 2.45) is 0 Å². The summed E-state index contributed by atoms with van der Waals surface area (Å²) in [6.07, 6.45) is 2.68. The van der Waals surface area contributed by atoms with Gasteiger partial charge in [0.2, 0.25) is 0 Å². The molecule has 0 aliphatic carbocycles. The summed E-state index contributed by atoms with van der Waals surface area (Å²) in [6.45, 7) is 4.01. The third kappa shape index (κ3) is 3.05. The molecule has 1 amide bonds. The van der Waals surface area contributed by atoms with E-state index in [1.54, 1.807) is 18.3 Å². The lowest BCUT2D eigenvalue weighted by atomic mass is 10.2. The number of amides is 1. The normalized spacial score (nSPS) is 12.3. The molecular weight excluding hydrogens is 312 g/mol. The minimum Gasteiger partial charge on any atom is -0.350 e. The lowest BCUT2D eigenvalue weighted by Gasteiger charge is -2.11. The molecule has 3 rings (SSSR count). The fourth-order valence-electron chi connectivity index (χ4n) is 2.27. The summed E-state index contributed by atoms with van der Waals surface area (Å²) >= 11 is 6.23. The van der Waals surface area contributed by atoms with Gasteiger partial charge in [0.15, 0.2) is 11.5 Å². The Bertz CT molecular complexity index is 859. The van der Waals surface area contributed by atoms with Crippen LogP contribution in [0, 0.1) is 0 Å². The van der Waals surface area contributed by atoms with Crippen LogP contribution < -0.4 is 5.32 Å². The number of fused-ring (bicyclic) bond motifs is 1. The van der Waals surface area contributed by atoms with E-state index >= 15 is 0 Å². The van der Waals surface area contributed by atoms with Crippen LogP contribution in [0.25, 0.3) is 17.0 Å². The largest absolute Gasteiger partial charge is 0.350 e. The van der Waals surface area contributed by atoms with Gasteiger partial charge in [-0.2, -0.15) is 0 Å². The maximum absolute atomic E-state index is 12.2. The maximum Gasteiger partial charge on any atom is 0.251 e.